The average Bonchev–Trinajstić information content (AvgIpc) is 3.17. The molecule has 0 radical (unpaired) electrons. The van der Waals surface area contributed by atoms with Crippen molar-refractivity contribution in [2.45, 2.75) is 39.5 Å². The van der Waals surface area contributed by atoms with Gasteiger partial charge >= 0.3 is 0 Å². The van der Waals surface area contributed by atoms with Gasteiger partial charge in [-0.25, -0.2) is 4.98 Å². The van der Waals surface area contributed by atoms with Crippen LogP contribution in [0.5, 0.6) is 0 Å². The molecule has 3 aromatic heterocycles. The maximum atomic E-state index is 6.27. The van der Waals surface area contributed by atoms with E-state index in [2.05, 4.69) is 99.4 Å². The van der Waals surface area contributed by atoms with Crippen molar-refractivity contribution >= 4 is 22.1 Å². The molecule has 0 aliphatic carbocycles. The number of hydrogen-bond acceptors (Lipinski definition) is 3. The van der Waals surface area contributed by atoms with Crippen molar-refractivity contribution in [2.75, 3.05) is 0 Å². The number of aromatic nitrogens is 2. The molecule has 3 heterocycles. The largest absolute Gasteiger partial charge is 0.437 e. The van der Waals surface area contributed by atoms with Gasteiger partial charge in [0.2, 0.25) is 5.71 Å². The van der Waals surface area contributed by atoms with Crippen LogP contribution in [0.15, 0.2) is 77.3 Å². The van der Waals surface area contributed by atoms with Crippen molar-refractivity contribution in [1.82, 2.24) is 9.97 Å². The van der Waals surface area contributed by atoms with Crippen LogP contribution in [0.1, 0.15) is 50.8 Å². The third-order valence-electron chi connectivity index (χ3n) is 5.90. The summed E-state index contributed by atoms with van der Waals surface area (Å²) in [6.07, 6.45) is 1.88. The van der Waals surface area contributed by atoms with Gasteiger partial charge in [0.15, 0.2) is 0 Å². The average molecular weight is 407 g/mol. The third kappa shape index (κ3) is 3.50. The zero-order valence-electron chi connectivity index (χ0n) is 18.4. The van der Waals surface area contributed by atoms with Crippen LogP contribution in [-0.2, 0) is 0 Å². The van der Waals surface area contributed by atoms with E-state index in [0.717, 1.165) is 38.9 Å². The molecule has 0 N–H and O–H groups in total. The number of rotatable bonds is 4. The minimum atomic E-state index is 0.358. The molecule has 0 amide bonds. The number of nitrogens with zero attached hydrogens (tertiary/aromatic N) is 2. The first-order valence-corrected chi connectivity index (χ1v) is 10.9. The van der Waals surface area contributed by atoms with E-state index in [0.29, 0.717) is 17.5 Å². The van der Waals surface area contributed by atoms with Crippen LogP contribution in [0.2, 0.25) is 0 Å². The Morgan fingerprint density at radius 3 is 2.35 bits per heavy atom. The Balaban J connectivity index is 1.65. The van der Waals surface area contributed by atoms with Crippen LogP contribution in [0.4, 0.5) is 0 Å². The van der Waals surface area contributed by atoms with Gasteiger partial charge in [0.1, 0.15) is 5.58 Å². The molecule has 0 aliphatic heterocycles. The molecular formula is C28H26N2O. The number of hydrogen-bond donors (Lipinski definition) is 0. The SMILES string of the molecule is CC(C)c1cccc(-c2ccnc(-c3cccc4c3oc3nc(C(C)C)ccc34)c2)c1. The predicted molar refractivity (Wildman–Crippen MR) is 128 cm³/mol. The van der Waals surface area contributed by atoms with Gasteiger partial charge in [0, 0.05) is 28.2 Å². The highest BCUT2D eigenvalue weighted by Crippen LogP contribution is 2.36. The molecule has 0 bridgehead atoms. The zero-order chi connectivity index (χ0) is 21.5. The quantitative estimate of drug-likeness (QED) is 0.304. The predicted octanol–water partition coefficient (Wildman–Crippen LogP) is 7.96. The van der Waals surface area contributed by atoms with Gasteiger partial charge in [0.05, 0.1) is 5.69 Å². The second-order valence-corrected chi connectivity index (χ2v) is 8.74. The van der Waals surface area contributed by atoms with Crippen LogP contribution in [0.3, 0.4) is 0 Å². The van der Waals surface area contributed by atoms with Crippen molar-refractivity contribution in [2.24, 2.45) is 0 Å². The summed E-state index contributed by atoms with van der Waals surface area (Å²) >= 11 is 0. The van der Waals surface area contributed by atoms with Crippen molar-refractivity contribution in [1.29, 1.82) is 0 Å². The lowest BCUT2D eigenvalue weighted by atomic mass is 9.97. The fourth-order valence-electron chi connectivity index (χ4n) is 4.05. The lowest BCUT2D eigenvalue weighted by Crippen LogP contribution is -1.90. The maximum Gasteiger partial charge on any atom is 0.227 e. The Morgan fingerprint density at radius 2 is 1.55 bits per heavy atom. The number of furan rings is 1. The Labute approximate surface area is 182 Å². The van der Waals surface area contributed by atoms with Crippen molar-refractivity contribution < 1.29 is 4.42 Å². The number of para-hydroxylation sites is 1. The smallest absolute Gasteiger partial charge is 0.227 e. The topological polar surface area (TPSA) is 38.9 Å². The van der Waals surface area contributed by atoms with Gasteiger partial charge in [-0.15, -0.1) is 0 Å². The summed E-state index contributed by atoms with van der Waals surface area (Å²) in [5, 5.41) is 2.12. The molecule has 0 spiro atoms. The number of benzene rings is 2. The first kappa shape index (κ1) is 19.5. The second kappa shape index (κ2) is 7.66. The molecule has 31 heavy (non-hydrogen) atoms. The first-order valence-electron chi connectivity index (χ1n) is 10.9. The standard InChI is InChI=1S/C28H26N2O/c1-17(2)19-7-5-8-20(15-19)21-13-14-29-26(16-21)24-10-6-9-22-23-11-12-25(18(3)4)30-28(23)31-27(22)24/h5-18H,1-4H3. The molecule has 0 aliphatic rings. The normalized spacial score (nSPS) is 11.8. The van der Waals surface area contributed by atoms with Crippen LogP contribution in [-0.4, -0.2) is 9.97 Å². The maximum absolute atomic E-state index is 6.27. The van der Waals surface area contributed by atoms with Gasteiger partial charge in [-0.05, 0) is 58.9 Å². The summed E-state index contributed by atoms with van der Waals surface area (Å²) < 4.78 is 6.27. The van der Waals surface area contributed by atoms with Crippen LogP contribution in [0.25, 0.3) is 44.5 Å². The molecule has 5 rings (SSSR count). The number of pyridine rings is 2. The van der Waals surface area contributed by atoms with E-state index in [9.17, 15) is 0 Å². The molecule has 0 fully saturated rings. The molecule has 154 valence electrons. The molecule has 0 saturated heterocycles. The minimum Gasteiger partial charge on any atom is -0.437 e. The second-order valence-electron chi connectivity index (χ2n) is 8.74. The molecular weight excluding hydrogens is 380 g/mol. The van der Waals surface area contributed by atoms with Gasteiger partial charge in [-0.2, -0.15) is 0 Å². The molecule has 3 heteroatoms. The van der Waals surface area contributed by atoms with E-state index in [-0.39, 0.29) is 0 Å². The van der Waals surface area contributed by atoms with Gasteiger partial charge in [-0.1, -0.05) is 64.1 Å². The van der Waals surface area contributed by atoms with Crippen LogP contribution < -0.4 is 0 Å². The fourth-order valence-corrected chi connectivity index (χ4v) is 4.05. The summed E-state index contributed by atoms with van der Waals surface area (Å²) in [5.74, 6) is 0.853. The molecule has 0 saturated carbocycles. The molecule has 5 aromatic rings. The van der Waals surface area contributed by atoms with Gasteiger partial charge in [0.25, 0.3) is 0 Å². The molecule has 0 atom stereocenters. The van der Waals surface area contributed by atoms with Crippen molar-refractivity contribution in [3.8, 4) is 22.4 Å². The summed E-state index contributed by atoms with van der Waals surface area (Å²) in [4.78, 5) is 9.43. The molecule has 3 nitrogen and oxygen atoms in total. The van der Waals surface area contributed by atoms with Gasteiger partial charge < -0.3 is 4.42 Å². The van der Waals surface area contributed by atoms with E-state index < -0.39 is 0 Å². The Hall–Kier alpha value is -3.46. The van der Waals surface area contributed by atoms with E-state index in [1.165, 1.54) is 11.1 Å². The Bertz CT molecular complexity index is 1400. The Kier molecular flexibility index (Phi) is 4.82. The van der Waals surface area contributed by atoms with Crippen LogP contribution >= 0.6 is 0 Å². The lowest BCUT2D eigenvalue weighted by Gasteiger charge is -2.09. The highest BCUT2D eigenvalue weighted by atomic mass is 16.3. The van der Waals surface area contributed by atoms with Crippen LogP contribution in [0, 0.1) is 0 Å². The minimum absolute atomic E-state index is 0.358. The van der Waals surface area contributed by atoms with Gasteiger partial charge in [-0.3, -0.25) is 4.98 Å². The van der Waals surface area contributed by atoms with Crippen molar-refractivity contribution in [3.63, 3.8) is 0 Å². The fraction of sp³-hybridized carbons (Fsp3) is 0.214. The lowest BCUT2D eigenvalue weighted by molar-refractivity contribution is 0.648. The monoisotopic (exact) mass is 406 g/mol. The number of fused-ring (bicyclic) bond motifs is 3. The summed E-state index contributed by atoms with van der Waals surface area (Å²) in [6, 6.07) is 23.4. The zero-order valence-corrected chi connectivity index (χ0v) is 18.4. The summed E-state index contributed by atoms with van der Waals surface area (Å²) in [5.41, 5.74) is 8.15. The summed E-state index contributed by atoms with van der Waals surface area (Å²) in [7, 11) is 0. The van der Waals surface area contributed by atoms with E-state index in [4.69, 9.17) is 9.40 Å². The summed E-state index contributed by atoms with van der Waals surface area (Å²) in [6.45, 7) is 8.73. The first-order chi connectivity index (χ1) is 15.0. The molecule has 0 unspecified atom stereocenters. The Morgan fingerprint density at radius 1 is 0.742 bits per heavy atom. The highest BCUT2D eigenvalue weighted by molar-refractivity contribution is 6.08. The van der Waals surface area contributed by atoms with E-state index in [1.807, 2.05) is 6.20 Å². The molecule has 2 aromatic carbocycles. The van der Waals surface area contributed by atoms with E-state index >= 15 is 0 Å². The van der Waals surface area contributed by atoms with E-state index in [1.54, 1.807) is 0 Å². The van der Waals surface area contributed by atoms with Crippen molar-refractivity contribution in [3.05, 3.63) is 84.2 Å². The third-order valence-corrected chi connectivity index (χ3v) is 5.90. The highest BCUT2D eigenvalue weighted by Gasteiger charge is 2.15.